The molecule has 0 saturated carbocycles. The van der Waals surface area contributed by atoms with Gasteiger partial charge in [-0.2, -0.15) is 0 Å². The average Bonchev–Trinajstić information content (AvgIpc) is 3.09. The maximum Gasteiger partial charge on any atom is 0.227 e. The minimum atomic E-state index is -3.01. The van der Waals surface area contributed by atoms with Gasteiger partial charge in [0, 0.05) is 40.4 Å². The molecule has 3 aromatic heterocycles. The molecule has 3 nitrogen and oxygen atoms in total. The average molecular weight is 369 g/mol. The van der Waals surface area contributed by atoms with Crippen LogP contribution in [0.15, 0.2) is 40.9 Å². The van der Waals surface area contributed by atoms with Crippen LogP contribution in [0.2, 0.25) is 0 Å². The first kappa shape index (κ1) is 10.0. The Kier molecular flexibility index (Phi) is 2.41. The lowest BCUT2D eigenvalue weighted by molar-refractivity contribution is -0.660. The molecule has 0 bridgehead atoms. The van der Waals surface area contributed by atoms with E-state index in [-0.39, 0.29) is 11.1 Å². The highest BCUT2D eigenvalue weighted by molar-refractivity contribution is 6.08. The fraction of sp³-hybridized carbons (Fsp3) is 0.333. The summed E-state index contributed by atoms with van der Waals surface area (Å²) in [5.41, 5.74) is 2.79. The van der Waals surface area contributed by atoms with Gasteiger partial charge in [0.25, 0.3) is 0 Å². The second-order valence-corrected chi connectivity index (χ2v) is 6.89. The van der Waals surface area contributed by atoms with Crippen molar-refractivity contribution >= 4 is 22.1 Å². The molecule has 4 aromatic rings. The van der Waals surface area contributed by atoms with Gasteiger partial charge in [0.2, 0.25) is 11.4 Å². The van der Waals surface area contributed by atoms with Crippen molar-refractivity contribution < 1.29 is 21.3 Å². The number of benzene rings is 1. The lowest BCUT2D eigenvalue weighted by Crippen LogP contribution is -2.32. The smallest absolute Gasteiger partial charge is 0.227 e. The van der Waals surface area contributed by atoms with E-state index < -0.39 is 26.0 Å². The fourth-order valence-corrected chi connectivity index (χ4v) is 3.43. The minimum Gasteiger partial charge on any atom is -0.437 e. The fourth-order valence-electron chi connectivity index (χ4n) is 3.43. The third kappa shape index (κ3) is 3.01. The highest BCUT2D eigenvalue weighted by Crippen LogP contribution is 2.36. The van der Waals surface area contributed by atoms with Crippen molar-refractivity contribution in [2.24, 2.45) is 12.9 Å². The van der Waals surface area contributed by atoms with Crippen LogP contribution in [-0.2, 0) is 13.4 Å². The molecule has 0 spiro atoms. The molecule has 0 N–H and O–H groups in total. The van der Waals surface area contributed by atoms with E-state index >= 15 is 0 Å². The Labute approximate surface area is 173 Å². The molecule has 138 valence electrons. The quantitative estimate of drug-likeness (QED) is 0.441. The van der Waals surface area contributed by atoms with E-state index in [1.54, 1.807) is 11.6 Å². The number of aryl methyl sites for hydroxylation is 4. The Balaban J connectivity index is 2.11. The molecule has 0 aliphatic rings. The standard InChI is InChI=1S/C24H27N2O/c1-14(2)11-18-12-21(26(6)13-16(18)4)22-15(3)7-9-19-20-10-8-17(5)25-24(20)27-23(19)22/h7-10,12-14H,11H2,1-6H3/q+1/i1D3,4D3,11D2,14D. The van der Waals surface area contributed by atoms with Gasteiger partial charge in [0.05, 0.1) is 5.56 Å². The number of fused-ring (bicyclic) bond motifs is 3. The van der Waals surface area contributed by atoms with E-state index in [4.69, 9.17) is 16.8 Å². The predicted molar refractivity (Wildman–Crippen MR) is 111 cm³/mol. The third-order valence-corrected chi connectivity index (χ3v) is 4.71. The molecule has 1 unspecified atom stereocenters. The van der Waals surface area contributed by atoms with Crippen LogP contribution in [0.4, 0.5) is 0 Å². The third-order valence-electron chi connectivity index (χ3n) is 4.71. The Morgan fingerprint density at radius 2 is 2.04 bits per heavy atom. The van der Waals surface area contributed by atoms with Crippen LogP contribution < -0.4 is 4.57 Å². The van der Waals surface area contributed by atoms with Gasteiger partial charge in [-0.25, -0.2) is 9.55 Å². The lowest BCUT2D eigenvalue weighted by atomic mass is 9.95. The monoisotopic (exact) mass is 368 g/mol. The van der Waals surface area contributed by atoms with Crippen LogP contribution in [0.25, 0.3) is 33.3 Å². The molecule has 0 radical (unpaired) electrons. The van der Waals surface area contributed by atoms with Gasteiger partial charge in [-0.05, 0) is 56.2 Å². The number of nitrogens with zero attached hydrogens (tertiary/aromatic N) is 2. The van der Waals surface area contributed by atoms with Gasteiger partial charge in [-0.1, -0.05) is 25.9 Å². The molecule has 0 amide bonds. The molecule has 0 aliphatic carbocycles. The molecular weight excluding hydrogens is 332 g/mol. The number of aromatic nitrogens is 2. The summed E-state index contributed by atoms with van der Waals surface area (Å²) in [6.07, 6.45) is -1.55. The van der Waals surface area contributed by atoms with Gasteiger partial charge in [0.1, 0.15) is 7.05 Å². The molecule has 3 heteroatoms. The van der Waals surface area contributed by atoms with Crippen molar-refractivity contribution in [2.45, 2.75) is 40.8 Å². The molecule has 4 rings (SSSR count). The van der Waals surface area contributed by atoms with Crippen LogP contribution in [0.1, 0.15) is 48.5 Å². The number of rotatable bonds is 3. The summed E-state index contributed by atoms with van der Waals surface area (Å²) in [6, 6.07) is 8.91. The van der Waals surface area contributed by atoms with E-state index in [2.05, 4.69) is 4.98 Å². The van der Waals surface area contributed by atoms with E-state index in [1.807, 2.05) is 38.1 Å². The molecule has 27 heavy (non-hydrogen) atoms. The first-order valence-electron chi connectivity index (χ1n) is 13.2. The van der Waals surface area contributed by atoms with E-state index in [0.29, 0.717) is 22.6 Å². The van der Waals surface area contributed by atoms with Crippen molar-refractivity contribution in [3.05, 3.63) is 58.9 Å². The first-order valence-corrected chi connectivity index (χ1v) is 8.72. The van der Waals surface area contributed by atoms with Gasteiger partial charge < -0.3 is 4.42 Å². The molecule has 1 aromatic carbocycles. The van der Waals surface area contributed by atoms with Gasteiger partial charge in [0.15, 0.2) is 11.8 Å². The lowest BCUT2D eigenvalue weighted by Gasteiger charge is -2.11. The largest absolute Gasteiger partial charge is 0.437 e. The van der Waals surface area contributed by atoms with E-state index in [0.717, 1.165) is 29.0 Å². The molecule has 0 saturated heterocycles. The zero-order valence-corrected chi connectivity index (χ0v) is 15.8. The zero-order chi connectivity index (χ0) is 27.0. The maximum absolute atomic E-state index is 8.73. The molecular formula is C24H27N2O+. The van der Waals surface area contributed by atoms with Crippen LogP contribution in [0.3, 0.4) is 0 Å². The van der Waals surface area contributed by atoms with Crippen LogP contribution in [0.5, 0.6) is 0 Å². The van der Waals surface area contributed by atoms with Crippen LogP contribution in [0, 0.1) is 26.6 Å². The Morgan fingerprint density at radius 3 is 2.81 bits per heavy atom. The summed E-state index contributed by atoms with van der Waals surface area (Å²) in [7, 11) is 1.64. The Bertz CT molecular complexity index is 1500. The molecule has 3 heterocycles. The van der Waals surface area contributed by atoms with Crippen molar-refractivity contribution in [1.29, 1.82) is 0 Å². The van der Waals surface area contributed by atoms with Crippen molar-refractivity contribution in [3.63, 3.8) is 0 Å². The summed E-state index contributed by atoms with van der Waals surface area (Å²) in [6.45, 7) is -1.09. The second kappa shape index (κ2) is 6.49. The molecule has 1 atom stereocenters. The summed E-state index contributed by atoms with van der Waals surface area (Å²) in [4.78, 5) is 4.47. The number of hydrogen-bond donors (Lipinski definition) is 0. The Morgan fingerprint density at radius 1 is 1.22 bits per heavy atom. The molecule has 0 fully saturated rings. The molecule has 0 aliphatic heterocycles. The van der Waals surface area contributed by atoms with Crippen LogP contribution >= 0.6 is 0 Å². The number of pyridine rings is 2. The minimum absolute atomic E-state index is 0.354. The van der Waals surface area contributed by atoms with E-state index in [1.165, 1.54) is 12.3 Å². The normalized spacial score (nSPS) is 20.4. The summed E-state index contributed by atoms with van der Waals surface area (Å²) >= 11 is 0. The highest BCUT2D eigenvalue weighted by Gasteiger charge is 2.22. The zero-order valence-electron chi connectivity index (χ0n) is 24.8. The van der Waals surface area contributed by atoms with Crippen molar-refractivity contribution in [2.75, 3.05) is 0 Å². The van der Waals surface area contributed by atoms with Crippen LogP contribution in [-0.4, -0.2) is 4.98 Å². The van der Waals surface area contributed by atoms with Gasteiger partial charge >= 0.3 is 0 Å². The van der Waals surface area contributed by atoms with E-state index in [9.17, 15) is 0 Å². The SMILES string of the molecule is [2H]C([2H])([2H])c1c[n+](C)c(-c2c(C)ccc3c2oc2nc(C)ccc23)cc1C([2H])([2H])C([2H])(C)C([2H])([2H])[2H]. The summed E-state index contributed by atoms with van der Waals surface area (Å²) < 4.78 is 81.0. The summed E-state index contributed by atoms with van der Waals surface area (Å²) in [5.74, 6) is -2.63. The summed E-state index contributed by atoms with van der Waals surface area (Å²) in [5, 5.41) is 1.59. The van der Waals surface area contributed by atoms with Gasteiger partial charge in [-0.15, -0.1) is 0 Å². The highest BCUT2D eigenvalue weighted by atomic mass is 16.3. The van der Waals surface area contributed by atoms with Crippen molar-refractivity contribution in [1.82, 2.24) is 4.98 Å². The number of furan rings is 1. The number of hydrogen-bond acceptors (Lipinski definition) is 2. The maximum atomic E-state index is 8.73. The van der Waals surface area contributed by atoms with Crippen molar-refractivity contribution in [3.8, 4) is 11.3 Å². The second-order valence-electron chi connectivity index (χ2n) is 6.89. The first-order chi connectivity index (χ1) is 16.4. The van der Waals surface area contributed by atoms with Gasteiger partial charge in [-0.3, -0.25) is 0 Å². The predicted octanol–water partition coefficient (Wildman–Crippen LogP) is 5.60. The topological polar surface area (TPSA) is 29.9 Å². The Hall–Kier alpha value is -2.68.